The molecular formula is C15H31NO. The molecule has 0 spiro atoms. The molecule has 0 amide bonds. The minimum Gasteiger partial charge on any atom is -0.377 e. The van der Waals surface area contributed by atoms with Crippen molar-refractivity contribution in [3.8, 4) is 0 Å². The summed E-state index contributed by atoms with van der Waals surface area (Å²) in [7, 11) is 3.96. The van der Waals surface area contributed by atoms with Crippen molar-refractivity contribution >= 4 is 0 Å². The lowest BCUT2D eigenvalue weighted by Crippen LogP contribution is -2.51. The van der Waals surface area contributed by atoms with Crippen molar-refractivity contribution in [3.05, 3.63) is 0 Å². The molecule has 1 atom stereocenters. The highest BCUT2D eigenvalue weighted by Crippen LogP contribution is 2.33. The van der Waals surface area contributed by atoms with Gasteiger partial charge < -0.3 is 10.1 Å². The van der Waals surface area contributed by atoms with Crippen LogP contribution in [0.3, 0.4) is 0 Å². The molecule has 0 heterocycles. The highest BCUT2D eigenvalue weighted by atomic mass is 16.5. The van der Waals surface area contributed by atoms with Crippen LogP contribution >= 0.6 is 0 Å². The second kappa shape index (κ2) is 7.38. The molecule has 1 saturated carbocycles. The van der Waals surface area contributed by atoms with Gasteiger partial charge in [-0.15, -0.1) is 0 Å². The number of likely N-dealkylation sites (N-methyl/N-ethyl adjacent to an activating group) is 1. The van der Waals surface area contributed by atoms with Gasteiger partial charge in [-0.2, -0.15) is 0 Å². The first-order valence-electron chi connectivity index (χ1n) is 7.44. The van der Waals surface area contributed by atoms with E-state index < -0.39 is 0 Å². The first-order valence-corrected chi connectivity index (χ1v) is 7.44. The van der Waals surface area contributed by atoms with E-state index in [-0.39, 0.29) is 5.60 Å². The Balaban J connectivity index is 2.61. The van der Waals surface area contributed by atoms with Gasteiger partial charge in [-0.25, -0.2) is 0 Å². The number of ether oxygens (including phenoxy) is 1. The third-order valence-corrected chi connectivity index (χ3v) is 4.88. The molecule has 0 aliphatic heterocycles. The molecular weight excluding hydrogens is 210 g/mol. The van der Waals surface area contributed by atoms with Gasteiger partial charge in [0.25, 0.3) is 0 Å². The zero-order chi connectivity index (χ0) is 12.7. The molecule has 2 nitrogen and oxygen atoms in total. The minimum absolute atomic E-state index is 0.0339. The molecule has 102 valence electrons. The summed E-state index contributed by atoms with van der Waals surface area (Å²) in [6.07, 6.45) is 10.6. The maximum atomic E-state index is 5.87. The average molecular weight is 241 g/mol. The molecule has 1 fully saturated rings. The zero-order valence-electron chi connectivity index (χ0n) is 12.2. The van der Waals surface area contributed by atoms with Gasteiger partial charge in [0.05, 0.1) is 5.60 Å². The fourth-order valence-corrected chi connectivity index (χ4v) is 3.53. The van der Waals surface area contributed by atoms with Crippen LogP contribution in [0.2, 0.25) is 0 Å². The third-order valence-electron chi connectivity index (χ3n) is 4.88. The fourth-order valence-electron chi connectivity index (χ4n) is 3.53. The van der Waals surface area contributed by atoms with E-state index in [0.29, 0.717) is 6.04 Å². The molecule has 0 aromatic rings. The fraction of sp³-hybridized carbons (Fsp3) is 1.00. The molecule has 1 unspecified atom stereocenters. The predicted octanol–water partition coefficient (Wildman–Crippen LogP) is 3.75. The normalized spacial score (nSPS) is 20.5. The van der Waals surface area contributed by atoms with Gasteiger partial charge in [-0.05, 0) is 32.2 Å². The highest BCUT2D eigenvalue weighted by molar-refractivity contribution is 4.92. The number of rotatable bonds is 7. The number of hydrogen-bond donors (Lipinski definition) is 1. The summed E-state index contributed by atoms with van der Waals surface area (Å²) < 4.78 is 5.87. The SMILES string of the molecule is CCC(CC)(OC)C(CC1CCCCC1)NC. The zero-order valence-corrected chi connectivity index (χ0v) is 12.2. The summed E-state index contributed by atoms with van der Waals surface area (Å²) in [6.45, 7) is 4.50. The lowest BCUT2D eigenvalue weighted by atomic mass is 9.78. The van der Waals surface area contributed by atoms with Gasteiger partial charge in [0, 0.05) is 13.2 Å². The molecule has 0 saturated heterocycles. The summed E-state index contributed by atoms with van der Waals surface area (Å²) in [5.41, 5.74) is 0.0339. The van der Waals surface area contributed by atoms with Gasteiger partial charge in [-0.1, -0.05) is 46.0 Å². The molecule has 0 bridgehead atoms. The van der Waals surface area contributed by atoms with Crippen molar-refractivity contribution in [2.45, 2.75) is 76.9 Å². The maximum Gasteiger partial charge on any atom is 0.0825 e. The standard InChI is InChI=1S/C15H31NO/c1-5-15(6-2,17-4)14(16-3)12-13-10-8-7-9-11-13/h13-14,16H,5-12H2,1-4H3. The molecule has 1 N–H and O–H groups in total. The van der Waals surface area contributed by atoms with Crippen LogP contribution in [0.15, 0.2) is 0 Å². The molecule has 17 heavy (non-hydrogen) atoms. The molecule has 0 aromatic carbocycles. The molecule has 1 aliphatic rings. The Morgan fingerprint density at radius 3 is 2.18 bits per heavy atom. The van der Waals surface area contributed by atoms with E-state index in [2.05, 4.69) is 26.2 Å². The van der Waals surface area contributed by atoms with Crippen LogP contribution in [-0.4, -0.2) is 25.8 Å². The van der Waals surface area contributed by atoms with Crippen LogP contribution in [0.5, 0.6) is 0 Å². The Hall–Kier alpha value is -0.0800. The minimum atomic E-state index is 0.0339. The average Bonchev–Trinajstić information content (AvgIpc) is 2.41. The van der Waals surface area contributed by atoms with E-state index in [1.165, 1.54) is 38.5 Å². The largest absolute Gasteiger partial charge is 0.377 e. The van der Waals surface area contributed by atoms with Crippen LogP contribution in [-0.2, 0) is 4.74 Å². The van der Waals surface area contributed by atoms with Gasteiger partial charge in [0.1, 0.15) is 0 Å². The summed E-state index contributed by atoms with van der Waals surface area (Å²) in [5.74, 6) is 0.911. The topological polar surface area (TPSA) is 21.3 Å². The Kier molecular flexibility index (Phi) is 6.50. The summed E-state index contributed by atoms with van der Waals surface area (Å²) >= 11 is 0. The first kappa shape index (κ1) is 15.0. The first-order chi connectivity index (χ1) is 8.22. The molecule has 0 radical (unpaired) electrons. The van der Waals surface area contributed by atoms with Crippen LogP contribution in [0.4, 0.5) is 0 Å². The van der Waals surface area contributed by atoms with Crippen molar-refractivity contribution in [1.82, 2.24) is 5.32 Å². The number of nitrogens with one attached hydrogen (secondary N) is 1. The van der Waals surface area contributed by atoms with Crippen molar-refractivity contribution in [1.29, 1.82) is 0 Å². The molecule has 2 heteroatoms. The van der Waals surface area contributed by atoms with E-state index in [1.807, 2.05) is 7.11 Å². The molecule has 1 aliphatic carbocycles. The van der Waals surface area contributed by atoms with Crippen molar-refractivity contribution < 1.29 is 4.74 Å². The Labute approximate surface area is 108 Å². The smallest absolute Gasteiger partial charge is 0.0825 e. The van der Waals surface area contributed by atoms with Crippen LogP contribution < -0.4 is 5.32 Å². The summed E-state index contributed by atoms with van der Waals surface area (Å²) in [5, 5.41) is 3.52. The van der Waals surface area contributed by atoms with Gasteiger partial charge >= 0.3 is 0 Å². The van der Waals surface area contributed by atoms with Gasteiger partial charge in [0.2, 0.25) is 0 Å². The van der Waals surface area contributed by atoms with Crippen LogP contribution in [0.25, 0.3) is 0 Å². The van der Waals surface area contributed by atoms with Crippen molar-refractivity contribution in [3.63, 3.8) is 0 Å². The van der Waals surface area contributed by atoms with Crippen LogP contribution in [0.1, 0.15) is 65.2 Å². The van der Waals surface area contributed by atoms with E-state index in [0.717, 1.165) is 18.8 Å². The molecule has 0 aromatic heterocycles. The second-order valence-corrected chi connectivity index (χ2v) is 5.56. The molecule has 1 rings (SSSR count). The summed E-state index contributed by atoms with van der Waals surface area (Å²) in [4.78, 5) is 0. The quantitative estimate of drug-likeness (QED) is 0.733. The van der Waals surface area contributed by atoms with E-state index in [1.54, 1.807) is 0 Å². The summed E-state index contributed by atoms with van der Waals surface area (Å²) in [6, 6.07) is 0.505. The van der Waals surface area contributed by atoms with Gasteiger partial charge in [0.15, 0.2) is 0 Å². The Morgan fingerprint density at radius 1 is 1.18 bits per heavy atom. The van der Waals surface area contributed by atoms with E-state index in [4.69, 9.17) is 4.74 Å². The monoisotopic (exact) mass is 241 g/mol. The third kappa shape index (κ3) is 3.69. The maximum absolute atomic E-state index is 5.87. The Morgan fingerprint density at radius 2 is 1.76 bits per heavy atom. The Bertz CT molecular complexity index is 187. The lowest BCUT2D eigenvalue weighted by Gasteiger charge is -2.40. The highest BCUT2D eigenvalue weighted by Gasteiger charge is 2.36. The van der Waals surface area contributed by atoms with Crippen molar-refractivity contribution in [2.75, 3.05) is 14.2 Å². The number of methoxy groups -OCH3 is 1. The van der Waals surface area contributed by atoms with E-state index in [9.17, 15) is 0 Å². The second-order valence-electron chi connectivity index (χ2n) is 5.56. The van der Waals surface area contributed by atoms with E-state index >= 15 is 0 Å². The number of hydrogen-bond acceptors (Lipinski definition) is 2. The van der Waals surface area contributed by atoms with Gasteiger partial charge in [-0.3, -0.25) is 0 Å². The lowest BCUT2D eigenvalue weighted by molar-refractivity contribution is -0.0523. The van der Waals surface area contributed by atoms with Crippen molar-refractivity contribution in [2.24, 2.45) is 5.92 Å². The predicted molar refractivity (Wildman–Crippen MR) is 74.4 cm³/mol. The van der Waals surface area contributed by atoms with Crippen LogP contribution in [0, 0.1) is 5.92 Å².